The highest BCUT2D eigenvalue weighted by Crippen LogP contribution is 2.24. The lowest BCUT2D eigenvalue weighted by molar-refractivity contribution is 0.0544. The van der Waals surface area contributed by atoms with E-state index >= 15 is 0 Å². The van der Waals surface area contributed by atoms with Crippen LogP contribution in [0.4, 0.5) is 4.79 Å². The van der Waals surface area contributed by atoms with Crippen molar-refractivity contribution in [3.63, 3.8) is 0 Å². The van der Waals surface area contributed by atoms with Gasteiger partial charge in [0.05, 0.1) is 5.52 Å². The molecule has 0 amide bonds. The highest BCUT2D eigenvalue weighted by Gasteiger charge is 2.20. The van der Waals surface area contributed by atoms with Crippen molar-refractivity contribution in [1.29, 1.82) is 0 Å². The lowest BCUT2D eigenvalue weighted by Crippen LogP contribution is -2.26. The zero-order valence-corrected chi connectivity index (χ0v) is 13.5. The molecule has 0 aliphatic carbocycles. The van der Waals surface area contributed by atoms with Gasteiger partial charge in [0.1, 0.15) is 5.60 Å². The molecule has 0 aliphatic heterocycles. The molecule has 21 heavy (non-hydrogen) atoms. The van der Waals surface area contributed by atoms with Gasteiger partial charge >= 0.3 is 6.09 Å². The van der Waals surface area contributed by atoms with Gasteiger partial charge in [0, 0.05) is 11.6 Å². The monoisotopic (exact) mass is 287 g/mol. The summed E-state index contributed by atoms with van der Waals surface area (Å²) in [6, 6.07) is 8.03. The molecule has 1 aromatic heterocycles. The highest BCUT2D eigenvalue weighted by atomic mass is 16.6. The summed E-state index contributed by atoms with van der Waals surface area (Å²) in [5, 5.41) is 1.15. The van der Waals surface area contributed by atoms with Crippen LogP contribution >= 0.6 is 0 Å². The Hall–Kier alpha value is -1.77. The first-order valence-electron chi connectivity index (χ1n) is 7.74. The van der Waals surface area contributed by atoms with Gasteiger partial charge in [-0.2, -0.15) is 0 Å². The number of ether oxygens (including phenoxy) is 1. The molecule has 2 aromatic rings. The summed E-state index contributed by atoms with van der Waals surface area (Å²) in [5.41, 5.74) is 1.67. The van der Waals surface area contributed by atoms with Crippen molar-refractivity contribution in [3.05, 3.63) is 36.0 Å². The van der Waals surface area contributed by atoms with Crippen LogP contribution in [0.5, 0.6) is 0 Å². The number of carbonyl (C=O) groups is 1. The summed E-state index contributed by atoms with van der Waals surface area (Å²) in [6.07, 6.45) is 6.20. The van der Waals surface area contributed by atoms with Crippen molar-refractivity contribution in [2.75, 3.05) is 0 Å². The van der Waals surface area contributed by atoms with Crippen LogP contribution in [0.25, 0.3) is 10.9 Å². The van der Waals surface area contributed by atoms with Crippen molar-refractivity contribution >= 4 is 17.0 Å². The minimum Gasteiger partial charge on any atom is -0.443 e. The number of benzene rings is 1. The molecular weight excluding hydrogens is 262 g/mol. The third kappa shape index (κ3) is 3.87. The molecule has 0 spiro atoms. The van der Waals surface area contributed by atoms with Gasteiger partial charge in [-0.05, 0) is 45.2 Å². The largest absolute Gasteiger partial charge is 0.443 e. The maximum Gasteiger partial charge on any atom is 0.419 e. The van der Waals surface area contributed by atoms with E-state index < -0.39 is 5.60 Å². The van der Waals surface area contributed by atoms with Crippen LogP contribution in [-0.2, 0) is 11.2 Å². The molecule has 3 heteroatoms. The standard InChI is InChI=1S/C18H25NO2/c1-5-6-7-10-14-13-19(17(20)21-18(2,3)4)16-12-9-8-11-15(14)16/h8-9,11-13H,5-7,10H2,1-4H3. The van der Waals surface area contributed by atoms with Crippen LogP contribution in [0, 0.1) is 0 Å². The van der Waals surface area contributed by atoms with Crippen molar-refractivity contribution in [2.45, 2.75) is 59.0 Å². The van der Waals surface area contributed by atoms with E-state index in [9.17, 15) is 4.79 Å². The number of aryl methyl sites for hydroxylation is 1. The molecule has 114 valence electrons. The Morgan fingerprint density at radius 3 is 2.57 bits per heavy atom. The van der Waals surface area contributed by atoms with Crippen molar-refractivity contribution < 1.29 is 9.53 Å². The number of unbranched alkanes of at least 4 members (excludes halogenated alkanes) is 2. The van der Waals surface area contributed by atoms with Gasteiger partial charge in [-0.1, -0.05) is 38.0 Å². The number of carbonyl (C=O) groups excluding carboxylic acids is 1. The summed E-state index contributed by atoms with van der Waals surface area (Å²) in [7, 11) is 0. The summed E-state index contributed by atoms with van der Waals surface area (Å²) < 4.78 is 7.14. The molecule has 0 fully saturated rings. The number of rotatable bonds is 4. The molecule has 1 heterocycles. The molecule has 3 nitrogen and oxygen atoms in total. The molecule has 0 saturated heterocycles. The van der Waals surface area contributed by atoms with Crippen LogP contribution in [0.2, 0.25) is 0 Å². The maximum absolute atomic E-state index is 12.4. The van der Waals surface area contributed by atoms with E-state index in [1.54, 1.807) is 4.57 Å². The van der Waals surface area contributed by atoms with Gasteiger partial charge in [0.15, 0.2) is 0 Å². The molecule has 0 radical (unpaired) electrons. The third-order valence-corrected chi connectivity index (χ3v) is 3.43. The van der Waals surface area contributed by atoms with Gasteiger partial charge < -0.3 is 4.74 Å². The van der Waals surface area contributed by atoms with Gasteiger partial charge in [-0.25, -0.2) is 4.79 Å². The summed E-state index contributed by atoms with van der Waals surface area (Å²) >= 11 is 0. The maximum atomic E-state index is 12.4. The summed E-state index contributed by atoms with van der Waals surface area (Å²) in [5.74, 6) is 0. The van der Waals surface area contributed by atoms with E-state index in [0.29, 0.717) is 0 Å². The minimum atomic E-state index is -0.481. The van der Waals surface area contributed by atoms with E-state index in [0.717, 1.165) is 23.7 Å². The molecule has 0 unspecified atom stereocenters. The van der Waals surface area contributed by atoms with Crippen LogP contribution in [-0.4, -0.2) is 16.3 Å². The number of aromatic nitrogens is 1. The molecule has 0 bridgehead atoms. The Kier molecular flexibility index (Phi) is 4.71. The molecule has 0 atom stereocenters. The first-order chi connectivity index (χ1) is 9.92. The minimum absolute atomic E-state index is 0.305. The fraction of sp³-hybridized carbons (Fsp3) is 0.500. The van der Waals surface area contributed by atoms with Crippen molar-refractivity contribution in [2.24, 2.45) is 0 Å². The Morgan fingerprint density at radius 2 is 1.90 bits per heavy atom. The predicted octanol–water partition coefficient (Wildman–Crippen LogP) is 5.16. The molecule has 1 aromatic carbocycles. The fourth-order valence-corrected chi connectivity index (χ4v) is 2.48. The fourth-order valence-electron chi connectivity index (χ4n) is 2.48. The molecular formula is C18H25NO2. The third-order valence-electron chi connectivity index (χ3n) is 3.43. The Balaban J connectivity index is 2.33. The van der Waals surface area contributed by atoms with Crippen molar-refractivity contribution in [1.82, 2.24) is 4.57 Å². The zero-order chi connectivity index (χ0) is 15.5. The SMILES string of the molecule is CCCCCc1cn(C(=O)OC(C)(C)C)c2ccccc12. The normalized spacial score (nSPS) is 11.8. The van der Waals surface area contributed by atoms with Gasteiger partial charge in [0.2, 0.25) is 0 Å². The predicted molar refractivity (Wildman–Crippen MR) is 86.8 cm³/mol. The zero-order valence-electron chi connectivity index (χ0n) is 13.5. The van der Waals surface area contributed by atoms with E-state index in [4.69, 9.17) is 4.74 Å². The Labute approximate surface area is 126 Å². The second kappa shape index (κ2) is 6.33. The van der Waals surface area contributed by atoms with Gasteiger partial charge in [0.25, 0.3) is 0 Å². The van der Waals surface area contributed by atoms with Crippen LogP contribution < -0.4 is 0 Å². The molecule has 0 saturated carbocycles. The Morgan fingerprint density at radius 1 is 1.19 bits per heavy atom. The smallest absolute Gasteiger partial charge is 0.419 e. The number of nitrogens with zero attached hydrogens (tertiary/aromatic N) is 1. The highest BCUT2D eigenvalue weighted by molar-refractivity contribution is 5.92. The van der Waals surface area contributed by atoms with E-state index in [1.807, 2.05) is 45.2 Å². The first kappa shape index (κ1) is 15.6. The molecule has 0 aliphatic rings. The Bertz CT molecular complexity index is 620. The summed E-state index contributed by atoms with van der Waals surface area (Å²) in [6.45, 7) is 7.86. The van der Waals surface area contributed by atoms with Crippen molar-refractivity contribution in [3.8, 4) is 0 Å². The average molecular weight is 287 g/mol. The van der Waals surface area contributed by atoms with E-state index in [1.165, 1.54) is 18.4 Å². The van der Waals surface area contributed by atoms with Crippen LogP contribution in [0.15, 0.2) is 30.5 Å². The van der Waals surface area contributed by atoms with Gasteiger partial charge in [-0.15, -0.1) is 0 Å². The quantitative estimate of drug-likeness (QED) is 0.727. The lowest BCUT2D eigenvalue weighted by atomic mass is 10.1. The second-order valence-electron chi connectivity index (χ2n) is 6.48. The summed E-state index contributed by atoms with van der Waals surface area (Å²) in [4.78, 5) is 12.4. The molecule has 0 N–H and O–H groups in total. The van der Waals surface area contributed by atoms with E-state index in [2.05, 4.69) is 13.0 Å². The van der Waals surface area contributed by atoms with Crippen LogP contribution in [0.1, 0.15) is 52.5 Å². The second-order valence-corrected chi connectivity index (χ2v) is 6.48. The van der Waals surface area contributed by atoms with Gasteiger partial charge in [-0.3, -0.25) is 4.57 Å². The topological polar surface area (TPSA) is 31.2 Å². The average Bonchev–Trinajstić information content (AvgIpc) is 2.77. The first-order valence-corrected chi connectivity index (χ1v) is 7.74. The number of para-hydroxylation sites is 1. The molecule has 2 rings (SSSR count). The van der Waals surface area contributed by atoms with E-state index in [-0.39, 0.29) is 6.09 Å². The lowest BCUT2D eigenvalue weighted by Gasteiger charge is -2.19. The van der Waals surface area contributed by atoms with Crippen LogP contribution in [0.3, 0.4) is 0 Å². The number of fused-ring (bicyclic) bond motifs is 1. The number of hydrogen-bond donors (Lipinski definition) is 0. The number of hydrogen-bond acceptors (Lipinski definition) is 2.